The second-order valence-corrected chi connectivity index (χ2v) is 5.82. The fourth-order valence-corrected chi connectivity index (χ4v) is 3.09. The van der Waals surface area contributed by atoms with Gasteiger partial charge in [-0.05, 0) is 36.8 Å². The van der Waals surface area contributed by atoms with Crippen molar-refractivity contribution in [2.24, 2.45) is 4.99 Å². The quantitative estimate of drug-likeness (QED) is 0.446. The average molecular weight is 337 g/mol. The highest BCUT2D eigenvalue weighted by Gasteiger charge is 2.11. The van der Waals surface area contributed by atoms with Crippen LogP contribution in [-0.4, -0.2) is 20.1 Å². The number of hydrogen-bond acceptors (Lipinski definition) is 7. The highest BCUT2D eigenvalue weighted by molar-refractivity contribution is 7.00. The van der Waals surface area contributed by atoms with Crippen molar-refractivity contribution in [2.45, 2.75) is 6.92 Å². The van der Waals surface area contributed by atoms with Crippen LogP contribution in [0.2, 0.25) is 0 Å². The molecule has 2 aromatic carbocycles. The Kier molecular flexibility index (Phi) is 3.35. The van der Waals surface area contributed by atoms with E-state index in [9.17, 15) is 9.90 Å². The maximum Gasteiger partial charge on any atom is 0.336 e. The van der Waals surface area contributed by atoms with Crippen molar-refractivity contribution in [3.8, 4) is 5.75 Å². The van der Waals surface area contributed by atoms with Gasteiger partial charge in [-0.15, -0.1) is 0 Å². The molecule has 4 aromatic rings. The summed E-state index contributed by atoms with van der Waals surface area (Å²) in [4.78, 5) is 16.1. The molecule has 0 spiro atoms. The van der Waals surface area contributed by atoms with Crippen LogP contribution in [0.1, 0.15) is 11.1 Å². The van der Waals surface area contributed by atoms with E-state index < -0.39 is 5.63 Å². The van der Waals surface area contributed by atoms with Gasteiger partial charge < -0.3 is 9.52 Å². The molecule has 0 saturated heterocycles. The maximum atomic E-state index is 11.7. The van der Waals surface area contributed by atoms with Crippen LogP contribution in [0, 0.1) is 6.92 Å². The number of fused-ring (bicyclic) bond motifs is 2. The second kappa shape index (κ2) is 5.54. The van der Waals surface area contributed by atoms with Gasteiger partial charge in [-0.2, -0.15) is 8.75 Å². The van der Waals surface area contributed by atoms with Crippen LogP contribution in [0.5, 0.6) is 5.75 Å². The molecular weight excluding hydrogens is 326 g/mol. The van der Waals surface area contributed by atoms with Gasteiger partial charge in [0, 0.05) is 17.7 Å². The number of phenolic OH excluding ortho intramolecular Hbond substituents is 1. The number of benzene rings is 2. The molecule has 0 aliphatic rings. The second-order valence-electron chi connectivity index (χ2n) is 5.29. The lowest BCUT2D eigenvalue weighted by Gasteiger charge is -2.05. The Morgan fingerprint density at radius 3 is 3.00 bits per heavy atom. The number of aryl methyl sites for hydroxylation is 1. The number of nitrogens with zero attached hydrogens (tertiary/aromatic N) is 3. The molecule has 118 valence electrons. The van der Waals surface area contributed by atoms with Gasteiger partial charge in [0.2, 0.25) is 0 Å². The number of aliphatic imine (C=N–C) groups is 1. The van der Waals surface area contributed by atoms with E-state index in [-0.39, 0.29) is 5.75 Å². The van der Waals surface area contributed by atoms with Crippen molar-refractivity contribution in [1.82, 2.24) is 8.75 Å². The smallest absolute Gasteiger partial charge is 0.336 e. The molecule has 0 atom stereocenters. The molecular formula is C17H11N3O3S. The van der Waals surface area contributed by atoms with Crippen molar-refractivity contribution in [3.63, 3.8) is 0 Å². The molecule has 0 fully saturated rings. The molecule has 2 heterocycles. The molecule has 1 N–H and O–H groups in total. The number of hydrogen-bond donors (Lipinski definition) is 1. The van der Waals surface area contributed by atoms with Crippen LogP contribution in [0.4, 0.5) is 5.69 Å². The average Bonchev–Trinajstić information content (AvgIpc) is 3.03. The van der Waals surface area contributed by atoms with Gasteiger partial charge in [-0.25, -0.2) is 4.79 Å². The first-order chi connectivity index (χ1) is 11.6. The predicted molar refractivity (Wildman–Crippen MR) is 93.6 cm³/mol. The fraction of sp³-hybridized carbons (Fsp3) is 0.0588. The van der Waals surface area contributed by atoms with E-state index in [1.165, 1.54) is 12.3 Å². The minimum Gasteiger partial charge on any atom is -0.507 e. The number of rotatable bonds is 2. The Balaban J connectivity index is 1.92. The van der Waals surface area contributed by atoms with Crippen molar-refractivity contribution < 1.29 is 9.52 Å². The van der Waals surface area contributed by atoms with Gasteiger partial charge in [0.25, 0.3) is 0 Å². The van der Waals surface area contributed by atoms with E-state index in [1.807, 2.05) is 25.1 Å². The lowest BCUT2D eigenvalue weighted by molar-refractivity contribution is 0.472. The molecule has 7 heteroatoms. The van der Waals surface area contributed by atoms with E-state index >= 15 is 0 Å². The van der Waals surface area contributed by atoms with Gasteiger partial charge in [-0.1, -0.05) is 6.07 Å². The number of aromatic hydroxyl groups is 1. The highest BCUT2D eigenvalue weighted by atomic mass is 32.1. The lowest BCUT2D eigenvalue weighted by Crippen LogP contribution is -2.00. The molecule has 0 aliphatic heterocycles. The monoisotopic (exact) mass is 337 g/mol. The third-order valence-electron chi connectivity index (χ3n) is 3.73. The van der Waals surface area contributed by atoms with Gasteiger partial charge >= 0.3 is 5.63 Å². The fourth-order valence-electron chi connectivity index (χ4n) is 2.55. The zero-order valence-corrected chi connectivity index (χ0v) is 13.4. The Bertz CT molecular complexity index is 1160. The van der Waals surface area contributed by atoms with Crippen LogP contribution in [0.3, 0.4) is 0 Å². The Morgan fingerprint density at radius 1 is 1.25 bits per heavy atom. The van der Waals surface area contributed by atoms with Gasteiger partial charge in [0.05, 0.1) is 23.0 Å². The Morgan fingerprint density at radius 2 is 2.12 bits per heavy atom. The first-order valence-electron chi connectivity index (χ1n) is 7.15. The van der Waals surface area contributed by atoms with Crippen LogP contribution in [0.25, 0.3) is 22.0 Å². The van der Waals surface area contributed by atoms with Crippen LogP contribution < -0.4 is 5.63 Å². The van der Waals surface area contributed by atoms with Crippen molar-refractivity contribution in [3.05, 3.63) is 57.9 Å². The molecule has 0 saturated carbocycles. The summed E-state index contributed by atoms with van der Waals surface area (Å²) in [5.74, 6) is -0.0106. The van der Waals surface area contributed by atoms with Gasteiger partial charge in [0.15, 0.2) is 5.58 Å². The summed E-state index contributed by atoms with van der Waals surface area (Å²) < 4.78 is 13.7. The van der Waals surface area contributed by atoms with Gasteiger partial charge in [-0.3, -0.25) is 4.99 Å². The largest absolute Gasteiger partial charge is 0.507 e. The Labute approximate surface area is 140 Å². The molecule has 4 rings (SSSR count). The zero-order chi connectivity index (χ0) is 16.7. The zero-order valence-electron chi connectivity index (χ0n) is 12.6. The van der Waals surface area contributed by atoms with Crippen molar-refractivity contribution >= 4 is 45.6 Å². The summed E-state index contributed by atoms with van der Waals surface area (Å²) in [6.45, 7) is 1.82. The Hall–Kier alpha value is -3.06. The molecule has 0 unspecified atom stereocenters. The van der Waals surface area contributed by atoms with Crippen LogP contribution >= 0.6 is 11.7 Å². The lowest BCUT2D eigenvalue weighted by atomic mass is 10.1. The SMILES string of the molecule is Cc1cc(=O)oc2c(C=Nc3cccc4nsnc34)c(O)ccc12. The summed E-state index contributed by atoms with van der Waals surface area (Å²) >= 11 is 1.12. The van der Waals surface area contributed by atoms with E-state index in [4.69, 9.17) is 4.42 Å². The topological polar surface area (TPSA) is 88.6 Å². The normalized spacial score (nSPS) is 11.7. The molecule has 0 radical (unpaired) electrons. The maximum absolute atomic E-state index is 11.7. The standard InChI is InChI=1S/C17H11N3O3S/c1-9-7-15(22)23-17-10(9)5-6-14(21)11(17)8-18-12-3-2-4-13-16(12)20-24-19-13/h2-8,21H,1H3. The minimum atomic E-state index is -0.467. The summed E-state index contributed by atoms with van der Waals surface area (Å²) in [6.07, 6.45) is 1.48. The molecule has 6 nitrogen and oxygen atoms in total. The van der Waals surface area contributed by atoms with Crippen molar-refractivity contribution in [2.75, 3.05) is 0 Å². The minimum absolute atomic E-state index is 0.0106. The molecule has 2 aromatic heterocycles. The van der Waals surface area contributed by atoms with E-state index in [2.05, 4.69) is 13.7 Å². The van der Waals surface area contributed by atoms with E-state index in [1.54, 1.807) is 12.1 Å². The summed E-state index contributed by atoms with van der Waals surface area (Å²) in [6, 6.07) is 10.2. The highest BCUT2D eigenvalue weighted by Crippen LogP contribution is 2.28. The first-order valence-corrected chi connectivity index (χ1v) is 7.88. The third-order valence-corrected chi connectivity index (χ3v) is 4.27. The molecule has 0 amide bonds. The van der Waals surface area contributed by atoms with E-state index in [0.29, 0.717) is 22.4 Å². The van der Waals surface area contributed by atoms with Crippen LogP contribution in [0.15, 0.2) is 50.6 Å². The summed E-state index contributed by atoms with van der Waals surface area (Å²) in [5.41, 5.74) is 3.07. The molecule has 0 bridgehead atoms. The summed E-state index contributed by atoms with van der Waals surface area (Å²) in [7, 11) is 0. The number of aromatic nitrogens is 2. The number of phenols is 1. The third kappa shape index (κ3) is 2.35. The van der Waals surface area contributed by atoms with Crippen LogP contribution in [-0.2, 0) is 0 Å². The summed E-state index contributed by atoms with van der Waals surface area (Å²) in [5, 5.41) is 10.9. The first kappa shape index (κ1) is 14.5. The molecule has 0 aliphatic carbocycles. The van der Waals surface area contributed by atoms with Gasteiger partial charge in [0.1, 0.15) is 16.8 Å². The predicted octanol–water partition coefficient (Wildman–Crippen LogP) is 3.56. The molecule has 24 heavy (non-hydrogen) atoms. The van der Waals surface area contributed by atoms with Crippen molar-refractivity contribution in [1.29, 1.82) is 0 Å². The van der Waals surface area contributed by atoms with E-state index in [0.717, 1.165) is 28.2 Å².